The minimum Gasteiger partial charge on any atom is -0.132 e. The Labute approximate surface area is 107 Å². The van der Waals surface area contributed by atoms with Gasteiger partial charge in [-0.1, -0.05) is 43.9 Å². The van der Waals surface area contributed by atoms with Crippen LogP contribution in [0.15, 0.2) is 24.3 Å². The van der Waals surface area contributed by atoms with Crippen LogP contribution in [0, 0.1) is 11.5 Å². The topological polar surface area (TPSA) is 0 Å². The van der Waals surface area contributed by atoms with Crippen LogP contribution < -0.4 is 5.30 Å². The van der Waals surface area contributed by atoms with E-state index in [1.54, 1.807) is 0 Å². The van der Waals surface area contributed by atoms with Crippen LogP contribution in [0.4, 0.5) is 0 Å². The monoisotopic (exact) mass is 300 g/mol. The molecule has 0 fully saturated rings. The highest BCUT2D eigenvalue weighted by molar-refractivity contribution is 8.93. The molecule has 0 aliphatic rings. The second-order valence-corrected chi connectivity index (χ2v) is 9.80. The minimum absolute atomic E-state index is 0. The van der Waals surface area contributed by atoms with E-state index in [9.17, 15) is 0 Å². The van der Waals surface area contributed by atoms with Gasteiger partial charge in [-0.3, -0.25) is 0 Å². The zero-order valence-electron chi connectivity index (χ0n) is 9.50. The van der Waals surface area contributed by atoms with Crippen molar-refractivity contribution in [1.29, 1.82) is 0 Å². The van der Waals surface area contributed by atoms with Gasteiger partial charge in [0, 0.05) is 6.42 Å². The van der Waals surface area contributed by atoms with Crippen molar-refractivity contribution in [2.24, 2.45) is 0 Å². The third kappa shape index (κ3) is 6.15. The molecule has 0 aromatic heterocycles. The van der Waals surface area contributed by atoms with Crippen LogP contribution in [0.1, 0.15) is 5.56 Å². The van der Waals surface area contributed by atoms with E-state index in [1.807, 2.05) is 0 Å². The Hall–Kier alpha value is -0.0931. The van der Waals surface area contributed by atoms with E-state index in [1.165, 1.54) is 10.9 Å². The molecule has 0 N–H and O–H groups in total. The number of benzene rings is 1. The highest BCUT2D eigenvalue weighted by Crippen LogP contribution is 2.02. The Kier molecular flexibility index (Phi) is 6.44. The smallest absolute Gasteiger partial charge is 0.129 e. The summed E-state index contributed by atoms with van der Waals surface area (Å²) in [4.78, 5) is 0. The van der Waals surface area contributed by atoms with Crippen molar-refractivity contribution in [3.63, 3.8) is 0 Å². The second-order valence-electron chi connectivity index (χ2n) is 4.43. The SMILES string of the molecule is Br.C[Si](C)(C)C#CCc1ccccc1P. The van der Waals surface area contributed by atoms with Crippen molar-refractivity contribution >= 4 is 39.6 Å². The first-order chi connectivity index (χ1) is 6.49. The van der Waals surface area contributed by atoms with Gasteiger partial charge >= 0.3 is 0 Å². The maximum Gasteiger partial charge on any atom is 0.129 e. The standard InChI is InChI=1S/C12H17PSi.BrH/c1-14(2,3)10-6-8-11-7-4-5-9-12(11)13;/h4-5,7,9H,8,13H2,1-3H3;1H. The molecule has 1 aromatic rings. The molecule has 1 atom stereocenters. The lowest BCUT2D eigenvalue weighted by molar-refractivity contribution is 1.35. The highest BCUT2D eigenvalue weighted by atomic mass is 79.9. The Morgan fingerprint density at radius 1 is 1.20 bits per heavy atom. The first kappa shape index (κ1) is 14.9. The molecule has 0 heterocycles. The second kappa shape index (κ2) is 6.48. The summed E-state index contributed by atoms with van der Waals surface area (Å²) in [6.45, 7) is 6.81. The van der Waals surface area contributed by atoms with Gasteiger partial charge in [-0.15, -0.1) is 37.7 Å². The van der Waals surface area contributed by atoms with Gasteiger partial charge in [-0.25, -0.2) is 0 Å². The Balaban J connectivity index is 0.00000196. The molecule has 0 aliphatic heterocycles. The molecule has 0 aliphatic carbocycles. The van der Waals surface area contributed by atoms with Crippen LogP contribution in [0.25, 0.3) is 0 Å². The Morgan fingerprint density at radius 2 is 1.80 bits per heavy atom. The molecule has 0 radical (unpaired) electrons. The number of rotatable bonds is 1. The van der Waals surface area contributed by atoms with Crippen LogP contribution in [-0.2, 0) is 6.42 Å². The molecule has 0 amide bonds. The number of halogens is 1. The van der Waals surface area contributed by atoms with Crippen LogP contribution >= 0.6 is 26.2 Å². The van der Waals surface area contributed by atoms with Gasteiger partial charge in [-0.2, -0.15) is 0 Å². The average molecular weight is 301 g/mol. The van der Waals surface area contributed by atoms with Gasteiger partial charge in [0.25, 0.3) is 0 Å². The van der Waals surface area contributed by atoms with Gasteiger partial charge in [0.15, 0.2) is 0 Å². The molecule has 3 heteroatoms. The maximum atomic E-state index is 3.38. The summed E-state index contributed by atoms with van der Waals surface area (Å²) < 4.78 is 0. The van der Waals surface area contributed by atoms with Gasteiger partial charge in [0.1, 0.15) is 8.07 Å². The molecule has 0 spiro atoms. The van der Waals surface area contributed by atoms with Crippen LogP contribution in [0.2, 0.25) is 19.6 Å². The Morgan fingerprint density at radius 3 is 2.33 bits per heavy atom. The van der Waals surface area contributed by atoms with Crippen molar-refractivity contribution in [1.82, 2.24) is 0 Å². The van der Waals surface area contributed by atoms with Gasteiger partial charge in [0.2, 0.25) is 0 Å². The lowest BCUT2D eigenvalue weighted by atomic mass is 10.2. The van der Waals surface area contributed by atoms with Gasteiger partial charge in [-0.05, 0) is 10.9 Å². The molecule has 82 valence electrons. The van der Waals surface area contributed by atoms with E-state index in [-0.39, 0.29) is 17.0 Å². The Bertz CT molecular complexity index is 371. The molecule has 0 bridgehead atoms. The van der Waals surface area contributed by atoms with E-state index in [2.05, 4.69) is 64.6 Å². The third-order valence-corrected chi connectivity index (χ3v) is 3.29. The van der Waals surface area contributed by atoms with E-state index in [0.717, 1.165) is 6.42 Å². The molecule has 0 nitrogen and oxygen atoms in total. The van der Waals surface area contributed by atoms with Crippen molar-refractivity contribution in [3.8, 4) is 11.5 Å². The fraction of sp³-hybridized carbons (Fsp3) is 0.333. The first-order valence-electron chi connectivity index (χ1n) is 4.82. The highest BCUT2D eigenvalue weighted by Gasteiger charge is 2.07. The maximum absolute atomic E-state index is 3.38. The predicted octanol–water partition coefficient (Wildman–Crippen LogP) is 3.19. The molecular weight excluding hydrogens is 283 g/mol. The van der Waals surface area contributed by atoms with E-state index in [4.69, 9.17) is 0 Å². The van der Waals surface area contributed by atoms with Crippen molar-refractivity contribution in [2.75, 3.05) is 0 Å². The molecular formula is C12H18BrPSi. The lowest BCUT2D eigenvalue weighted by Crippen LogP contribution is -2.16. The summed E-state index contributed by atoms with van der Waals surface area (Å²) in [5, 5.41) is 1.26. The van der Waals surface area contributed by atoms with E-state index in [0.29, 0.717) is 0 Å². The first-order valence-corrected chi connectivity index (χ1v) is 8.90. The quantitative estimate of drug-likeness (QED) is 0.424. The largest absolute Gasteiger partial charge is 0.132 e. The summed E-state index contributed by atoms with van der Waals surface area (Å²) in [5.41, 5.74) is 4.70. The van der Waals surface area contributed by atoms with E-state index < -0.39 is 8.07 Å². The molecule has 0 saturated carbocycles. The van der Waals surface area contributed by atoms with Gasteiger partial charge < -0.3 is 0 Å². The van der Waals surface area contributed by atoms with Crippen molar-refractivity contribution in [2.45, 2.75) is 26.1 Å². The zero-order chi connectivity index (χ0) is 10.6. The zero-order valence-corrected chi connectivity index (χ0v) is 13.4. The summed E-state index contributed by atoms with van der Waals surface area (Å²) >= 11 is 0. The summed E-state index contributed by atoms with van der Waals surface area (Å²) in [6.07, 6.45) is 0.879. The number of hydrogen-bond acceptors (Lipinski definition) is 0. The van der Waals surface area contributed by atoms with Crippen molar-refractivity contribution < 1.29 is 0 Å². The van der Waals surface area contributed by atoms with E-state index >= 15 is 0 Å². The normalized spacial score (nSPS) is 9.87. The third-order valence-electron chi connectivity index (χ3n) is 1.80. The molecule has 1 unspecified atom stereocenters. The van der Waals surface area contributed by atoms with Crippen LogP contribution in [0.5, 0.6) is 0 Å². The minimum atomic E-state index is -1.20. The molecule has 15 heavy (non-hydrogen) atoms. The van der Waals surface area contributed by atoms with Gasteiger partial charge in [0.05, 0.1) is 0 Å². The summed E-state index contributed by atoms with van der Waals surface area (Å²) in [5.74, 6) is 3.28. The fourth-order valence-electron chi connectivity index (χ4n) is 1.10. The average Bonchev–Trinajstić information content (AvgIpc) is 2.06. The number of hydrogen-bond donors (Lipinski definition) is 0. The molecule has 0 saturated heterocycles. The predicted molar refractivity (Wildman–Crippen MR) is 80.9 cm³/mol. The molecule has 1 rings (SSSR count). The molecule has 1 aromatic carbocycles. The van der Waals surface area contributed by atoms with Crippen LogP contribution in [0.3, 0.4) is 0 Å². The lowest BCUT2D eigenvalue weighted by Gasteiger charge is -2.04. The van der Waals surface area contributed by atoms with Crippen molar-refractivity contribution in [3.05, 3.63) is 29.8 Å². The summed E-state index contributed by atoms with van der Waals surface area (Å²) in [6, 6.07) is 8.37. The van der Waals surface area contributed by atoms with Crippen LogP contribution in [-0.4, -0.2) is 8.07 Å². The fourth-order valence-corrected chi connectivity index (χ4v) is 2.03. The summed E-state index contributed by atoms with van der Waals surface area (Å²) in [7, 11) is 1.56.